The summed E-state index contributed by atoms with van der Waals surface area (Å²) in [5, 5.41) is 8.36. The summed E-state index contributed by atoms with van der Waals surface area (Å²) in [7, 11) is 0. The molecule has 76 valence electrons. The molecule has 0 spiro atoms. The van der Waals surface area contributed by atoms with Crippen LogP contribution in [-0.4, -0.2) is 26.4 Å². The van der Waals surface area contributed by atoms with Crippen molar-refractivity contribution in [3.8, 4) is 0 Å². The molecule has 0 heterocycles. The molecular weight excluding hydrogens is 314 g/mol. The molecular formula is C6H8ClIO5. The molecule has 0 amide bonds. The topological polar surface area (TPSA) is 72.8 Å². The van der Waals surface area contributed by atoms with Gasteiger partial charge in [-0.1, -0.05) is 11.6 Å². The van der Waals surface area contributed by atoms with Crippen molar-refractivity contribution in [1.29, 1.82) is 0 Å². The van der Waals surface area contributed by atoms with Crippen LogP contribution in [0.25, 0.3) is 0 Å². The summed E-state index contributed by atoms with van der Waals surface area (Å²) >= 11 is 7.16. The van der Waals surface area contributed by atoms with E-state index in [-0.39, 0.29) is 0 Å². The number of aliphatic carboxylic acids is 1. The summed E-state index contributed by atoms with van der Waals surface area (Å²) in [6.07, 6.45) is -2.36. The first-order chi connectivity index (χ1) is 5.72. The standard InChI is InChI=1S/C6H8ClIO5/c1-3(4(9)10)12-5(11)13-6(2,7)8/h3H,1-2H3,(H,9,10)/t3-,6?/m1/s1. The molecule has 0 saturated carbocycles. The van der Waals surface area contributed by atoms with E-state index in [1.807, 2.05) is 0 Å². The van der Waals surface area contributed by atoms with E-state index in [9.17, 15) is 9.59 Å². The van der Waals surface area contributed by atoms with E-state index in [1.165, 1.54) is 13.8 Å². The number of halogens is 2. The molecule has 0 bridgehead atoms. The van der Waals surface area contributed by atoms with Crippen molar-refractivity contribution in [2.75, 3.05) is 0 Å². The molecule has 5 nitrogen and oxygen atoms in total. The lowest BCUT2D eigenvalue weighted by atomic mass is 10.4. The van der Waals surface area contributed by atoms with Crippen molar-refractivity contribution >= 4 is 46.3 Å². The van der Waals surface area contributed by atoms with E-state index in [2.05, 4.69) is 9.47 Å². The minimum Gasteiger partial charge on any atom is -0.479 e. The number of rotatable bonds is 3. The summed E-state index contributed by atoms with van der Waals surface area (Å²) in [5.41, 5.74) is 0. The smallest absolute Gasteiger partial charge is 0.479 e. The Hall–Kier alpha value is -0.240. The zero-order valence-electron chi connectivity index (χ0n) is 6.91. The van der Waals surface area contributed by atoms with E-state index in [0.29, 0.717) is 0 Å². The predicted octanol–water partition coefficient (Wildman–Crippen LogP) is 1.96. The van der Waals surface area contributed by atoms with E-state index in [1.54, 1.807) is 22.6 Å². The van der Waals surface area contributed by atoms with E-state index < -0.39 is 21.3 Å². The Labute approximate surface area is 93.5 Å². The molecule has 2 atom stereocenters. The fourth-order valence-electron chi connectivity index (χ4n) is 0.365. The van der Waals surface area contributed by atoms with Crippen LogP contribution in [0.1, 0.15) is 13.8 Å². The van der Waals surface area contributed by atoms with Crippen molar-refractivity contribution in [2.45, 2.75) is 23.0 Å². The second-order valence-electron chi connectivity index (χ2n) is 2.26. The van der Waals surface area contributed by atoms with Crippen LogP contribution in [0.5, 0.6) is 0 Å². The second-order valence-corrected chi connectivity index (χ2v) is 5.68. The summed E-state index contributed by atoms with van der Waals surface area (Å²) in [6.45, 7) is 2.63. The molecule has 0 aromatic rings. The normalized spacial score (nSPS) is 16.9. The largest absolute Gasteiger partial charge is 0.511 e. The number of carbonyl (C=O) groups is 2. The molecule has 0 saturated heterocycles. The van der Waals surface area contributed by atoms with Crippen LogP contribution in [0, 0.1) is 0 Å². The van der Waals surface area contributed by atoms with Gasteiger partial charge in [-0.2, -0.15) is 0 Å². The van der Waals surface area contributed by atoms with Crippen molar-refractivity contribution in [1.82, 2.24) is 0 Å². The lowest BCUT2D eigenvalue weighted by molar-refractivity contribution is -0.147. The molecule has 0 aliphatic rings. The SMILES string of the molecule is C[C@@H](OC(=O)OC(C)(Cl)I)C(=O)O. The van der Waals surface area contributed by atoms with Gasteiger partial charge in [-0.3, -0.25) is 0 Å². The maximum Gasteiger partial charge on any atom is 0.511 e. The molecule has 13 heavy (non-hydrogen) atoms. The first-order valence-electron chi connectivity index (χ1n) is 3.22. The number of hydrogen-bond donors (Lipinski definition) is 1. The molecule has 0 fully saturated rings. The Kier molecular flexibility index (Phi) is 4.76. The van der Waals surface area contributed by atoms with Gasteiger partial charge >= 0.3 is 12.1 Å². The first kappa shape index (κ1) is 12.8. The van der Waals surface area contributed by atoms with Gasteiger partial charge in [-0.25, -0.2) is 9.59 Å². The van der Waals surface area contributed by atoms with Crippen molar-refractivity contribution in [2.24, 2.45) is 0 Å². The highest BCUT2D eigenvalue weighted by Crippen LogP contribution is 2.25. The maximum absolute atomic E-state index is 10.8. The minimum atomic E-state index is -1.25. The fraction of sp³-hybridized carbons (Fsp3) is 0.667. The molecule has 0 radical (unpaired) electrons. The third kappa shape index (κ3) is 6.88. The summed E-state index contributed by atoms with van der Waals surface area (Å²) in [5.74, 6) is -1.25. The van der Waals surface area contributed by atoms with Crippen molar-refractivity contribution < 1.29 is 24.2 Å². The molecule has 1 N–H and O–H groups in total. The van der Waals surface area contributed by atoms with Crippen LogP contribution in [0.3, 0.4) is 0 Å². The van der Waals surface area contributed by atoms with Crippen LogP contribution in [-0.2, 0) is 14.3 Å². The van der Waals surface area contributed by atoms with Crippen molar-refractivity contribution in [3.05, 3.63) is 0 Å². The average Bonchev–Trinajstić information content (AvgIpc) is 1.81. The quantitative estimate of drug-likeness (QED) is 0.488. The van der Waals surface area contributed by atoms with Crippen LogP contribution in [0.2, 0.25) is 0 Å². The third-order valence-electron chi connectivity index (χ3n) is 0.883. The predicted molar refractivity (Wildman–Crippen MR) is 52.9 cm³/mol. The third-order valence-corrected chi connectivity index (χ3v) is 1.18. The molecule has 0 rings (SSSR count). The number of carboxylic acid groups (broad SMARTS) is 1. The van der Waals surface area contributed by atoms with Crippen LogP contribution in [0.4, 0.5) is 4.79 Å². The number of carbonyl (C=O) groups excluding carboxylic acids is 1. The molecule has 0 aliphatic heterocycles. The van der Waals surface area contributed by atoms with Crippen LogP contribution in [0.15, 0.2) is 0 Å². The molecule has 1 unspecified atom stereocenters. The fourth-order valence-corrected chi connectivity index (χ4v) is 0.608. The average molecular weight is 322 g/mol. The Morgan fingerprint density at radius 2 is 2.08 bits per heavy atom. The van der Waals surface area contributed by atoms with Gasteiger partial charge in [-0.05, 0) is 36.4 Å². The summed E-state index contributed by atoms with van der Waals surface area (Å²) in [4.78, 5) is 21.0. The van der Waals surface area contributed by atoms with E-state index in [4.69, 9.17) is 16.7 Å². The zero-order chi connectivity index (χ0) is 10.6. The molecule has 0 aliphatic carbocycles. The molecule has 7 heteroatoms. The Balaban J connectivity index is 3.96. The van der Waals surface area contributed by atoms with E-state index in [0.717, 1.165) is 0 Å². The number of carboxylic acids is 1. The van der Waals surface area contributed by atoms with Gasteiger partial charge in [0.05, 0.1) is 0 Å². The highest BCUT2D eigenvalue weighted by Gasteiger charge is 2.25. The molecule has 0 aromatic carbocycles. The number of ether oxygens (including phenoxy) is 2. The Morgan fingerprint density at radius 1 is 1.62 bits per heavy atom. The van der Waals surface area contributed by atoms with Crippen molar-refractivity contribution in [3.63, 3.8) is 0 Å². The van der Waals surface area contributed by atoms with Crippen LogP contribution >= 0.6 is 34.2 Å². The van der Waals surface area contributed by atoms with Gasteiger partial charge in [0.15, 0.2) is 6.10 Å². The lowest BCUT2D eigenvalue weighted by Gasteiger charge is -2.15. The maximum atomic E-state index is 10.8. The molecule has 0 aromatic heterocycles. The van der Waals surface area contributed by atoms with Gasteiger partial charge in [-0.15, -0.1) is 0 Å². The minimum absolute atomic E-state index is 1.11. The Bertz CT molecular complexity index is 212. The summed E-state index contributed by atoms with van der Waals surface area (Å²) in [6, 6.07) is 0. The van der Waals surface area contributed by atoms with Gasteiger partial charge in [0.25, 0.3) is 0 Å². The highest BCUT2D eigenvalue weighted by atomic mass is 127. The zero-order valence-corrected chi connectivity index (χ0v) is 9.83. The van der Waals surface area contributed by atoms with Gasteiger partial charge < -0.3 is 14.6 Å². The van der Waals surface area contributed by atoms with Gasteiger partial charge in [0.2, 0.25) is 3.07 Å². The van der Waals surface area contributed by atoms with E-state index >= 15 is 0 Å². The van der Waals surface area contributed by atoms with Gasteiger partial charge in [0.1, 0.15) is 0 Å². The monoisotopic (exact) mass is 322 g/mol. The second kappa shape index (κ2) is 4.85. The number of alkyl halides is 2. The highest BCUT2D eigenvalue weighted by molar-refractivity contribution is 14.1. The van der Waals surface area contributed by atoms with Gasteiger partial charge in [0, 0.05) is 0 Å². The van der Waals surface area contributed by atoms with Crippen LogP contribution < -0.4 is 0 Å². The first-order valence-corrected chi connectivity index (χ1v) is 4.68. The summed E-state index contributed by atoms with van der Waals surface area (Å²) < 4.78 is 7.59. The Morgan fingerprint density at radius 3 is 2.38 bits per heavy atom. The lowest BCUT2D eigenvalue weighted by Crippen LogP contribution is -2.27. The number of hydrogen-bond acceptors (Lipinski definition) is 4.